The molecule has 1 aromatic carbocycles. The minimum atomic E-state index is -3.67. The molecule has 20 heavy (non-hydrogen) atoms. The highest BCUT2D eigenvalue weighted by Gasteiger charge is 2.19. The maximum atomic E-state index is 12.3. The molecule has 3 N–H and O–H groups in total. The van der Waals surface area contributed by atoms with Gasteiger partial charge in [-0.2, -0.15) is 0 Å². The highest BCUT2D eigenvalue weighted by atomic mass is 79.9. The Labute approximate surface area is 125 Å². The number of aliphatic hydroxyl groups excluding tert-OH is 1. The number of sulfonamides is 1. The highest BCUT2D eigenvalue weighted by molar-refractivity contribution is 9.10. The summed E-state index contributed by atoms with van der Waals surface area (Å²) >= 11 is 3.30. The van der Waals surface area contributed by atoms with Crippen LogP contribution in [0, 0.1) is 6.92 Å². The third-order valence-electron chi connectivity index (χ3n) is 2.81. The predicted molar refractivity (Wildman–Crippen MR) is 77.4 cm³/mol. The summed E-state index contributed by atoms with van der Waals surface area (Å²) in [6, 6.07) is 3.16. The average molecular weight is 360 g/mol. The zero-order valence-corrected chi connectivity index (χ0v) is 13.1. The van der Waals surface area contributed by atoms with E-state index in [1.54, 1.807) is 25.4 Å². The predicted octanol–water partition coefficient (Wildman–Crippen LogP) is 1.45. The Morgan fingerprint density at radius 1 is 1.45 bits per heavy atom. The van der Waals surface area contributed by atoms with Crippen molar-refractivity contribution in [2.45, 2.75) is 25.0 Å². The van der Waals surface area contributed by atoms with E-state index in [-0.39, 0.29) is 18.0 Å². The van der Waals surface area contributed by atoms with E-state index in [0.717, 1.165) is 0 Å². The van der Waals surface area contributed by atoms with Crippen LogP contribution in [0.25, 0.3) is 0 Å². The van der Waals surface area contributed by atoms with Crippen molar-refractivity contribution in [2.24, 2.45) is 0 Å². The number of halogens is 1. The first-order valence-corrected chi connectivity index (χ1v) is 8.09. The van der Waals surface area contributed by atoms with Crippen molar-refractivity contribution in [3.8, 4) is 0 Å². The van der Waals surface area contributed by atoms with Crippen molar-refractivity contribution in [1.29, 1.82) is 0 Å². The quantitative estimate of drug-likeness (QED) is 0.752. The van der Waals surface area contributed by atoms with E-state index in [0.29, 0.717) is 21.4 Å². The fourth-order valence-electron chi connectivity index (χ4n) is 1.71. The molecule has 6 nitrogen and oxygen atoms in total. The molecule has 2 rings (SSSR count). The number of rotatable bonds is 5. The van der Waals surface area contributed by atoms with Crippen molar-refractivity contribution in [1.82, 2.24) is 14.7 Å². The van der Waals surface area contributed by atoms with Gasteiger partial charge in [0.05, 0.1) is 18.0 Å². The smallest absolute Gasteiger partial charge is 0.241 e. The Hall–Kier alpha value is -1.22. The van der Waals surface area contributed by atoms with E-state index in [2.05, 4.69) is 30.6 Å². The van der Waals surface area contributed by atoms with Crippen LogP contribution in [0.1, 0.15) is 17.0 Å². The van der Waals surface area contributed by atoms with Crippen LogP contribution >= 0.6 is 15.9 Å². The molecule has 0 spiro atoms. The number of imidazole rings is 1. The first-order chi connectivity index (χ1) is 9.44. The van der Waals surface area contributed by atoms with Gasteiger partial charge in [0.2, 0.25) is 10.0 Å². The molecule has 0 bridgehead atoms. The van der Waals surface area contributed by atoms with Crippen molar-refractivity contribution in [3.63, 3.8) is 0 Å². The van der Waals surface area contributed by atoms with Crippen molar-refractivity contribution in [2.75, 3.05) is 0 Å². The van der Waals surface area contributed by atoms with Gasteiger partial charge in [-0.05, 0) is 30.2 Å². The zero-order valence-electron chi connectivity index (χ0n) is 10.7. The molecule has 0 atom stereocenters. The van der Waals surface area contributed by atoms with E-state index in [9.17, 15) is 13.5 Å². The molecule has 0 aliphatic heterocycles. The topological polar surface area (TPSA) is 95.1 Å². The molecule has 0 unspecified atom stereocenters. The van der Waals surface area contributed by atoms with Gasteiger partial charge < -0.3 is 10.1 Å². The maximum Gasteiger partial charge on any atom is 0.241 e. The summed E-state index contributed by atoms with van der Waals surface area (Å²) in [5, 5.41) is 9.17. The third kappa shape index (κ3) is 3.26. The summed E-state index contributed by atoms with van der Waals surface area (Å²) in [5.74, 6) is 0.531. The van der Waals surface area contributed by atoms with Crippen molar-refractivity contribution >= 4 is 26.0 Å². The summed E-state index contributed by atoms with van der Waals surface area (Å²) in [6.07, 6.45) is 3.18. The van der Waals surface area contributed by atoms with Gasteiger partial charge >= 0.3 is 0 Å². The lowest BCUT2D eigenvalue weighted by atomic mass is 10.2. The standard InChI is InChI=1S/C12H14BrN3O3S/c1-8-10(13)4-9(7-17)5-11(8)20(18,19)16-6-12-14-2-3-15-12/h2-5,16-17H,6-7H2,1H3,(H,14,15). The number of nitrogens with one attached hydrogen (secondary N) is 2. The van der Waals surface area contributed by atoms with Crippen LogP contribution in [0.15, 0.2) is 33.9 Å². The summed E-state index contributed by atoms with van der Waals surface area (Å²) in [5.41, 5.74) is 1.12. The third-order valence-corrected chi connectivity index (χ3v) is 5.16. The minimum absolute atomic E-state index is 0.0791. The largest absolute Gasteiger partial charge is 0.392 e. The monoisotopic (exact) mass is 359 g/mol. The van der Waals surface area contributed by atoms with Crippen LogP contribution in [0.5, 0.6) is 0 Å². The molecule has 2 aromatic rings. The summed E-state index contributed by atoms with van der Waals surface area (Å²) in [7, 11) is -3.67. The van der Waals surface area contributed by atoms with Gasteiger partial charge in [-0.15, -0.1) is 0 Å². The summed E-state index contributed by atoms with van der Waals surface area (Å²) in [6.45, 7) is 1.56. The van der Waals surface area contributed by atoms with Crippen LogP contribution in [-0.4, -0.2) is 23.5 Å². The lowest BCUT2D eigenvalue weighted by molar-refractivity contribution is 0.281. The van der Waals surface area contributed by atoms with Gasteiger partial charge in [0.1, 0.15) is 5.82 Å². The fraction of sp³-hybridized carbons (Fsp3) is 0.250. The molecule has 0 radical (unpaired) electrons. The number of benzene rings is 1. The number of aromatic nitrogens is 2. The van der Waals surface area contributed by atoms with E-state index in [1.807, 2.05) is 0 Å². The fourth-order valence-corrected chi connectivity index (χ4v) is 3.65. The Morgan fingerprint density at radius 2 is 2.20 bits per heavy atom. The van der Waals surface area contributed by atoms with Crippen LogP contribution in [-0.2, 0) is 23.2 Å². The molecular formula is C12H14BrN3O3S. The lowest BCUT2D eigenvalue weighted by Gasteiger charge is -2.11. The molecule has 0 saturated heterocycles. The van der Waals surface area contributed by atoms with E-state index >= 15 is 0 Å². The molecule has 0 saturated carbocycles. The second-order valence-corrected chi connectivity index (χ2v) is 6.81. The van der Waals surface area contributed by atoms with Crippen LogP contribution in [0.3, 0.4) is 0 Å². The number of hydrogen-bond donors (Lipinski definition) is 3. The van der Waals surface area contributed by atoms with Gasteiger partial charge in [0.25, 0.3) is 0 Å². The van der Waals surface area contributed by atoms with E-state index < -0.39 is 10.0 Å². The number of nitrogens with zero attached hydrogens (tertiary/aromatic N) is 1. The lowest BCUT2D eigenvalue weighted by Crippen LogP contribution is -2.24. The van der Waals surface area contributed by atoms with Crippen LogP contribution in [0.4, 0.5) is 0 Å². The molecule has 0 aliphatic carbocycles. The molecule has 0 fully saturated rings. The first kappa shape index (κ1) is 15.2. The van der Waals surface area contributed by atoms with E-state index in [4.69, 9.17) is 0 Å². The number of hydrogen-bond acceptors (Lipinski definition) is 4. The Kier molecular flexibility index (Phi) is 4.59. The highest BCUT2D eigenvalue weighted by Crippen LogP contribution is 2.25. The van der Waals surface area contributed by atoms with Crippen molar-refractivity contribution in [3.05, 3.63) is 46.0 Å². The first-order valence-electron chi connectivity index (χ1n) is 5.82. The second kappa shape index (κ2) is 6.04. The average Bonchev–Trinajstić information content (AvgIpc) is 2.92. The van der Waals surface area contributed by atoms with Crippen molar-refractivity contribution < 1.29 is 13.5 Å². The maximum absolute atomic E-state index is 12.3. The number of aliphatic hydroxyl groups is 1. The van der Waals surface area contributed by atoms with Gasteiger partial charge in [0.15, 0.2) is 0 Å². The summed E-state index contributed by atoms with van der Waals surface area (Å²) < 4.78 is 27.7. The molecular weight excluding hydrogens is 346 g/mol. The molecule has 1 heterocycles. The second-order valence-electron chi connectivity index (χ2n) is 4.22. The van der Waals surface area contributed by atoms with Gasteiger partial charge in [-0.25, -0.2) is 18.1 Å². The Bertz CT molecular complexity index is 699. The van der Waals surface area contributed by atoms with E-state index in [1.165, 1.54) is 6.07 Å². The SMILES string of the molecule is Cc1c(Br)cc(CO)cc1S(=O)(=O)NCc1ncc[nH]1. The van der Waals surface area contributed by atoms with Gasteiger partial charge in [-0.3, -0.25) is 0 Å². The Morgan fingerprint density at radius 3 is 2.80 bits per heavy atom. The van der Waals surface area contributed by atoms with Gasteiger partial charge in [-0.1, -0.05) is 15.9 Å². The molecule has 108 valence electrons. The Balaban J connectivity index is 2.31. The number of aromatic amines is 1. The molecule has 0 aliphatic rings. The minimum Gasteiger partial charge on any atom is -0.392 e. The number of H-pyrrole nitrogens is 1. The zero-order chi connectivity index (χ0) is 14.8. The normalized spacial score (nSPS) is 11.8. The molecule has 8 heteroatoms. The van der Waals surface area contributed by atoms with Crippen LogP contribution < -0.4 is 4.72 Å². The molecule has 1 aromatic heterocycles. The van der Waals surface area contributed by atoms with Gasteiger partial charge in [0, 0.05) is 16.9 Å². The van der Waals surface area contributed by atoms with Crippen LogP contribution in [0.2, 0.25) is 0 Å². The summed E-state index contributed by atoms with van der Waals surface area (Å²) in [4.78, 5) is 6.92. The molecule has 0 amide bonds.